The van der Waals surface area contributed by atoms with E-state index in [0.29, 0.717) is 29.1 Å². The quantitative estimate of drug-likeness (QED) is 0.796. The van der Waals surface area contributed by atoms with E-state index in [0.717, 1.165) is 38.5 Å². The number of fused-ring (bicyclic) bond motifs is 1. The van der Waals surface area contributed by atoms with Gasteiger partial charge in [-0.25, -0.2) is 0 Å². The highest BCUT2D eigenvalue weighted by Gasteiger charge is 2.18. The van der Waals surface area contributed by atoms with E-state index in [9.17, 15) is 9.59 Å². The molecule has 0 aliphatic carbocycles. The average molecular weight is 358 g/mol. The maximum atomic E-state index is 12.4. The van der Waals surface area contributed by atoms with E-state index >= 15 is 0 Å². The van der Waals surface area contributed by atoms with E-state index < -0.39 is 5.91 Å². The zero-order valence-electron chi connectivity index (χ0n) is 15.3. The molecular formula is C19H26N4O3. The Hall–Kier alpha value is -2.22. The van der Waals surface area contributed by atoms with Gasteiger partial charge in [-0.15, -0.1) is 0 Å². The van der Waals surface area contributed by atoms with Crippen molar-refractivity contribution >= 4 is 16.8 Å². The number of amides is 1. The van der Waals surface area contributed by atoms with Crippen LogP contribution in [0.5, 0.6) is 0 Å². The molecule has 0 spiro atoms. The van der Waals surface area contributed by atoms with Crippen molar-refractivity contribution < 1.29 is 9.53 Å². The molecule has 2 aromatic rings. The molecule has 7 heteroatoms. The molecule has 2 heterocycles. The van der Waals surface area contributed by atoms with Crippen LogP contribution < -0.4 is 11.2 Å². The zero-order chi connectivity index (χ0) is 18.7. The van der Waals surface area contributed by atoms with Gasteiger partial charge in [0.2, 0.25) is 5.91 Å². The first-order valence-electron chi connectivity index (χ1n) is 8.90. The Labute approximate surface area is 152 Å². The third kappa shape index (κ3) is 4.30. The number of hydrogen-bond donors (Lipinski definition) is 2. The van der Waals surface area contributed by atoms with Crippen LogP contribution in [0.4, 0.5) is 0 Å². The molecule has 140 valence electrons. The van der Waals surface area contributed by atoms with Crippen LogP contribution in [-0.4, -0.2) is 66.6 Å². The van der Waals surface area contributed by atoms with Crippen molar-refractivity contribution in [1.29, 1.82) is 0 Å². The number of nitrogens with zero attached hydrogens (tertiary/aromatic N) is 2. The number of primary amides is 1. The van der Waals surface area contributed by atoms with Crippen molar-refractivity contribution in [2.75, 3.05) is 39.9 Å². The van der Waals surface area contributed by atoms with Gasteiger partial charge < -0.3 is 15.5 Å². The van der Waals surface area contributed by atoms with Gasteiger partial charge in [-0.3, -0.25) is 19.4 Å². The third-order valence-corrected chi connectivity index (χ3v) is 4.86. The summed E-state index contributed by atoms with van der Waals surface area (Å²) in [4.78, 5) is 31.6. The number of aromatic nitrogens is 1. The molecule has 26 heavy (non-hydrogen) atoms. The van der Waals surface area contributed by atoms with Crippen molar-refractivity contribution in [2.45, 2.75) is 19.5 Å². The summed E-state index contributed by atoms with van der Waals surface area (Å²) in [6.45, 7) is 7.28. The van der Waals surface area contributed by atoms with E-state index in [1.54, 1.807) is 24.3 Å². The summed E-state index contributed by atoms with van der Waals surface area (Å²) >= 11 is 0. The number of likely N-dealkylation sites (N-methyl/N-ethyl adjacent to an activating group) is 1. The topological polar surface area (TPSA) is 91.7 Å². The summed E-state index contributed by atoms with van der Waals surface area (Å²) in [6.07, 6.45) is 0. The Kier molecular flexibility index (Phi) is 5.70. The van der Waals surface area contributed by atoms with E-state index in [-0.39, 0.29) is 5.43 Å². The predicted molar refractivity (Wildman–Crippen MR) is 101 cm³/mol. The van der Waals surface area contributed by atoms with Gasteiger partial charge in [-0.2, -0.15) is 0 Å². The van der Waals surface area contributed by atoms with Crippen LogP contribution in [0.1, 0.15) is 23.0 Å². The Morgan fingerprint density at radius 3 is 2.77 bits per heavy atom. The van der Waals surface area contributed by atoms with Crippen molar-refractivity contribution in [3.8, 4) is 0 Å². The molecule has 0 saturated carbocycles. The molecule has 1 aromatic carbocycles. The van der Waals surface area contributed by atoms with Crippen LogP contribution in [0.2, 0.25) is 0 Å². The highest BCUT2D eigenvalue weighted by atomic mass is 16.5. The van der Waals surface area contributed by atoms with E-state index in [2.05, 4.69) is 28.8 Å². The van der Waals surface area contributed by atoms with Crippen LogP contribution in [0.15, 0.2) is 29.1 Å². The average Bonchev–Trinajstić information content (AvgIpc) is 2.62. The predicted octanol–water partition coefficient (Wildman–Crippen LogP) is 0.780. The van der Waals surface area contributed by atoms with Gasteiger partial charge in [0.25, 0.3) is 0 Å². The molecule has 1 aliphatic rings. The Morgan fingerprint density at radius 1 is 1.35 bits per heavy atom. The molecule has 0 unspecified atom stereocenters. The first-order valence-corrected chi connectivity index (χ1v) is 8.90. The van der Waals surface area contributed by atoms with Crippen molar-refractivity contribution in [3.05, 3.63) is 45.7 Å². The van der Waals surface area contributed by atoms with Crippen LogP contribution in [0.25, 0.3) is 10.9 Å². The molecular weight excluding hydrogens is 332 g/mol. The minimum absolute atomic E-state index is 0.105. The molecule has 0 radical (unpaired) electrons. The first-order chi connectivity index (χ1) is 12.4. The van der Waals surface area contributed by atoms with Gasteiger partial charge in [-0.1, -0.05) is 0 Å². The van der Waals surface area contributed by atoms with Gasteiger partial charge >= 0.3 is 0 Å². The number of carbonyl (C=O) groups excluding carboxylic acids is 1. The summed E-state index contributed by atoms with van der Waals surface area (Å²) in [5.41, 5.74) is 7.09. The number of ether oxygens (including phenoxy) is 1. The SMILES string of the molecule is C[C@@H](CN(C)Cc1cc(=O)c2cc(C(N)=O)ccc2[nH]1)N1CCOCC1. The number of nitrogens with two attached hydrogens (primary N) is 1. The standard InChI is InChI=1S/C19H26N4O3/c1-13(23-5-7-26-8-6-23)11-22(2)12-15-10-18(24)16-9-14(19(20)25)3-4-17(16)21-15/h3-4,9-10,13H,5-8,11-12H2,1-2H3,(H2,20,25)(H,21,24)/t13-/m0/s1. The number of H-pyrrole nitrogens is 1. The lowest BCUT2D eigenvalue weighted by molar-refractivity contribution is 0.0136. The molecule has 3 rings (SSSR count). The summed E-state index contributed by atoms with van der Waals surface area (Å²) in [7, 11) is 2.05. The molecule has 1 saturated heterocycles. The highest BCUT2D eigenvalue weighted by Crippen LogP contribution is 2.13. The Morgan fingerprint density at radius 2 is 2.08 bits per heavy atom. The molecule has 7 nitrogen and oxygen atoms in total. The summed E-state index contributed by atoms with van der Waals surface area (Å²) < 4.78 is 5.40. The number of pyridine rings is 1. The second kappa shape index (κ2) is 7.99. The number of morpholine rings is 1. The van der Waals surface area contributed by atoms with Gasteiger partial charge in [0.1, 0.15) is 0 Å². The lowest BCUT2D eigenvalue weighted by atomic mass is 10.1. The number of hydrogen-bond acceptors (Lipinski definition) is 5. The maximum Gasteiger partial charge on any atom is 0.248 e. The fourth-order valence-electron chi connectivity index (χ4n) is 3.48. The minimum atomic E-state index is -0.535. The smallest absolute Gasteiger partial charge is 0.248 e. The van der Waals surface area contributed by atoms with Gasteiger partial charge in [-0.05, 0) is 32.2 Å². The summed E-state index contributed by atoms with van der Waals surface area (Å²) in [5.74, 6) is -0.535. The second-order valence-corrected chi connectivity index (χ2v) is 6.98. The van der Waals surface area contributed by atoms with Gasteiger partial charge in [0, 0.05) is 60.4 Å². The fraction of sp³-hybridized carbons (Fsp3) is 0.474. The van der Waals surface area contributed by atoms with Crippen molar-refractivity contribution in [1.82, 2.24) is 14.8 Å². The van der Waals surface area contributed by atoms with E-state index in [1.165, 1.54) is 0 Å². The Balaban J connectivity index is 1.70. The van der Waals surface area contributed by atoms with Crippen LogP contribution in [-0.2, 0) is 11.3 Å². The van der Waals surface area contributed by atoms with E-state index in [1.807, 2.05) is 0 Å². The van der Waals surface area contributed by atoms with Crippen molar-refractivity contribution in [3.63, 3.8) is 0 Å². The molecule has 1 fully saturated rings. The summed E-state index contributed by atoms with van der Waals surface area (Å²) in [6, 6.07) is 6.94. The number of rotatable bonds is 6. The summed E-state index contributed by atoms with van der Waals surface area (Å²) in [5, 5.41) is 0.481. The van der Waals surface area contributed by atoms with Crippen LogP contribution in [0.3, 0.4) is 0 Å². The molecule has 1 atom stereocenters. The second-order valence-electron chi connectivity index (χ2n) is 6.98. The highest BCUT2D eigenvalue weighted by molar-refractivity contribution is 5.96. The molecule has 1 amide bonds. The number of nitrogens with one attached hydrogen (secondary N) is 1. The normalized spacial score (nSPS) is 16.9. The number of aromatic amines is 1. The van der Waals surface area contributed by atoms with Crippen LogP contribution >= 0.6 is 0 Å². The zero-order valence-corrected chi connectivity index (χ0v) is 15.3. The third-order valence-electron chi connectivity index (χ3n) is 4.86. The van der Waals surface area contributed by atoms with Crippen LogP contribution in [0, 0.1) is 0 Å². The molecule has 0 bridgehead atoms. The number of benzene rings is 1. The first kappa shape index (κ1) is 18.6. The lowest BCUT2D eigenvalue weighted by Crippen LogP contribution is -2.46. The van der Waals surface area contributed by atoms with Crippen molar-refractivity contribution in [2.24, 2.45) is 5.73 Å². The Bertz CT molecular complexity index is 842. The molecule has 3 N–H and O–H groups in total. The number of carbonyl (C=O) groups is 1. The lowest BCUT2D eigenvalue weighted by Gasteiger charge is -2.34. The maximum absolute atomic E-state index is 12.4. The fourth-order valence-corrected chi connectivity index (χ4v) is 3.48. The van der Waals surface area contributed by atoms with E-state index in [4.69, 9.17) is 10.5 Å². The molecule has 1 aliphatic heterocycles. The van der Waals surface area contributed by atoms with Gasteiger partial charge in [0.05, 0.1) is 13.2 Å². The largest absolute Gasteiger partial charge is 0.379 e. The minimum Gasteiger partial charge on any atom is -0.379 e. The molecule has 1 aromatic heterocycles. The van der Waals surface area contributed by atoms with Gasteiger partial charge in [0.15, 0.2) is 5.43 Å². The monoisotopic (exact) mass is 358 g/mol.